The van der Waals surface area contributed by atoms with Gasteiger partial charge in [0.15, 0.2) is 0 Å². The Labute approximate surface area is 111 Å². The van der Waals surface area contributed by atoms with Crippen molar-refractivity contribution >= 4 is 5.69 Å². The van der Waals surface area contributed by atoms with E-state index in [0.29, 0.717) is 5.56 Å². The van der Waals surface area contributed by atoms with Gasteiger partial charge in [0.05, 0.1) is 10.5 Å². The standard InChI is InChI=1S/C15H15NO3/c1-2-12-7-4-6-10-15(12)19-11-13-8-3-5-9-14(13)16(17)18/h3-10H,2,11H2,1H3. The lowest BCUT2D eigenvalue weighted by molar-refractivity contribution is -0.385. The Morgan fingerprint density at radius 2 is 1.68 bits per heavy atom. The minimum Gasteiger partial charge on any atom is -0.488 e. The number of ether oxygens (including phenoxy) is 1. The summed E-state index contributed by atoms with van der Waals surface area (Å²) in [6.45, 7) is 2.25. The highest BCUT2D eigenvalue weighted by Gasteiger charge is 2.13. The number of aryl methyl sites for hydroxylation is 1. The molecule has 0 aliphatic carbocycles. The van der Waals surface area contributed by atoms with E-state index in [0.717, 1.165) is 17.7 Å². The molecule has 19 heavy (non-hydrogen) atoms. The van der Waals surface area contributed by atoms with Crippen molar-refractivity contribution in [2.45, 2.75) is 20.0 Å². The van der Waals surface area contributed by atoms with Crippen LogP contribution < -0.4 is 4.74 Å². The van der Waals surface area contributed by atoms with E-state index in [4.69, 9.17) is 4.74 Å². The van der Waals surface area contributed by atoms with Crippen molar-refractivity contribution in [2.75, 3.05) is 0 Å². The van der Waals surface area contributed by atoms with Crippen molar-refractivity contribution < 1.29 is 9.66 Å². The van der Waals surface area contributed by atoms with Gasteiger partial charge in [-0.3, -0.25) is 10.1 Å². The second-order valence-corrected chi connectivity index (χ2v) is 4.14. The lowest BCUT2D eigenvalue weighted by Gasteiger charge is -2.10. The quantitative estimate of drug-likeness (QED) is 0.605. The molecule has 0 fully saturated rings. The molecule has 0 saturated carbocycles. The summed E-state index contributed by atoms with van der Waals surface area (Å²) >= 11 is 0. The predicted octanol–water partition coefficient (Wildman–Crippen LogP) is 3.74. The molecule has 0 unspecified atom stereocenters. The molecule has 98 valence electrons. The van der Waals surface area contributed by atoms with Crippen LogP contribution in [0.2, 0.25) is 0 Å². The first-order chi connectivity index (χ1) is 9.22. The molecule has 0 spiro atoms. The van der Waals surface area contributed by atoms with E-state index < -0.39 is 0 Å². The maximum atomic E-state index is 10.9. The van der Waals surface area contributed by atoms with Crippen molar-refractivity contribution in [3.05, 3.63) is 69.8 Å². The molecule has 0 radical (unpaired) electrons. The van der Waals surface area contributed by atoms with Crippen molar-refractivity contribution in [3.63, 3.8) is 0 Å². The summed E-state index contributed by atoms with van der Waals surface area (Å²) in [5.74, 6) is 0.781. The predicted molar refractivity (Wildman–Crippen MR) is 73.2 cm³/mol. The minimum atomic E-state index is -0.385. The summed E-state index contributed by atoms with van der Waals surface area (Å²) in [5, 5.41) is 10.9. The number of benzene rings is 2. The van der Waals surface area contributed by atoms with E-state index in [-0.39, 0.29) is 17.2 Å². The molecule has 0 aliphatic rings. The number of nitro groups is 1. The first-order valence-corrected chi connectivity index (χ1v) is 6.15. The number of hydrogen-bond acceptors (Lipinski definition) is 3. The molecule has 0 amide bonds. The lowest BCUT2D eigenvalue weighted by atomic mass is 10.1. The third-order valence-electron chi connectivity index (χ3n) is 2.92. The molecule has 0 heterocycles. The van der Waals surface area contributed by atoms with Crippen molar-refractivity contribution in [1.29, 1.82) is 0 Å². The van der Waals surface area contributed by atoms with Gasteiger partial charge in [0.2, 0.25) is 0 Å². The Balaban J connectivity index is 2.17. The lowest BCUT2D eigenvalue weighted by Crippen LogP contribution is -2.01. The fourth-order valence-corrected chi connectivity index (χ4v) is 1.90. The van der Waals surface area contributed by atoms with E-state index in [9.17, 15) is 10.1 Å². The summed E-state index contributed by atoms with van der Waals surface area (Å²) in [6.07, 6.45) is 0.868. The maximum Gasteiger partial charge on any atom is 0.276 e. The summed E-state index contributed by atoms with van der Waals surface area (Å²) in [5.41, 5.74) is 1.77. The third-order valence-corrected chi connectivity index (χ3v) is 2.92. The normalized spacial score (nSPS) is 10.2. The molecule has 0 atom stereocenters. The van der Waals surface area contributed by atoms with Crippen LogP contribution in [0.4, 0.5) is 5.69 Å². The summed E-state index contributed by atoms with van der Waals surface area (Å²) in [4.78, 5) is 10.5. The molecule has 0 saturated heterocycles. The number of nitro benzene ring substituents is 1. The zero-order valence-electron chi connectivity index (χ0n) is 10.7. The van der Waals surface area contributed by atoms with Gasteiger partial charge in [-0.05, 0) is 24.1 Å². The fraction of sp³-hybridized carbons (Fsp3) is 0.200. The Morgan fingerprint density at radius 3 is 2.37 bits per heavy atom. The number of nitrogens with zero attached hydrogens (tertiary/aromatic N) is 1. The number of rotatable bonds is 5. The van der Waals surface area contributed by atoms with Crippen LogP contribution in [0.25, 0.3) is 0 Å². The Bertz CT molecular complexity index is 581. The van der Waals surface area contributed by atoms with Crippen LogP contribution >= 0.6 is 0 Å². The van der Waals surface area contributed by atoms with Gasteiger partial charge in [-0.1, -0.05) is 37.3 Å². The second-order valence-electron chi connectivity index (χ2n) is 4.14. The van der Waals surface area contributed by atoms with Gasteiger partial charge in [0.25, 0.3) is 5.69 Å². The van der Waals surface area contributed by atoms with E-state index >= 15 is 0 Å². The first-order valence-electron chi connectivity index (χ1n) is 6.15. The molecule has 0 aromatic heterocycles. The third kappa shape index (κ3) is 3.10. The van der Waals surface area contributed by atoms with Crippen LogP contribution in [-0.2, 0) is 13.0 Å². The van der Waals surface area contributed by atoms with Crippen LogP contribution in [0.3, 0.4) is 0 Å². The van der Waals surface area contributed by atoms with Gasteiger partial charge in [-0.2, -0.15) is 0 Å². The number of hydrogen-bond donors (Lipinski definition) is 0. The molecular formula is C15H15NO3. The monoisotopic (exact) mass is 257 g/mol. The van der Waals surface area contributed by atoms with E-state index in [1.165, 1.54) is 6.07 Å². The Kier molecular flexibility index (Phi) is 4.13. The van der Waals surface area contributed by atoms with Gasteiger partial charge < -0.3 is 4.74 Å². The number of para-hydroxylation sites is 2. The average Bonchev–Trinajstić information content (AvgIpc) is 2.45. The van der Waals surface area contributed by atoms with E-state index in [1.54, 1.807) is 18.2 Å². The van der Waals surface area contributed by atoms with Crippen molar-refractivity contribution in [1.82, 2.24) is 0 Å². The second kappa shape index (κ2) is 6.00. The highest BCUT2D eigenvalue weighted by atomic mass is 16.6. The van der Waals surface area contributed by atoms with Crippen LogP contribution in [0.15, 0.2) is 48.5 Å². The molecule has 2 rings (SSSR count). The Hall–Kier alpha value is -2.36. The minimum absolute atomic E-state index is 0.0940. The van der Waals surface area contributed by atoms with Crippen LogP contribution in [-0.4, -0.2) is 4.92 Å². The highest BCUT2D eigenvalue weighted by Crippen LogP contribution is 2.23. The maximum absolute atomic E-state index is 10.9. The zero-order valence-corrected chi connectivity index (χ0v) is 10.7. The SMILES string of the molecule is CCc1ccccc1OCc1ccccc1[N+](=O)[O-]. The fourth-order valence-electron chi connectivity index (χ4n) is 1.90. The summed E-state index contributed by atoms with van der Waals surface area (Å²) in [6, 6.07) is 14.4. The molecule has 2 aromatic rings. The van der Waals surface area contributed by atoms with Gasteiger partial charge >= 0.3 is 0 Å². The largest absolute Gasteiger partial charge is 0.488 e. The zero-order chi connectivity index (χ0) is 13.7. The van der Waals surface area contributed by atoms with Gasteiger partial charge in [0, 0.05) is 6.07 Å². The molecule has 2 aromatic carbocycles. The van der Waals surface area contributed by atoms with Crippen LogP contribution in [0.5, 0.6) is 5.75 Å². The summed E-state index contributed by atoms with van der Waals surface area (Å²) in [7, 11) is 0. The summed E-state index contributed by atoms with van der Waals surface area (Å²) < 4.78 is 5.70. The molecule has 4 nitrogen and oxygen atoms in total. The molecule has 0 aliphatic heterocycles. The van der Waals surface area contributed by atoms with Crippen LogP contribution in [0, 0.1) is 10.1 Å². The molecule has 0 bridgehead atoms. The van der Waals surface area contributed by atoms with E-state index in [2.05, 4.69) is 0 Å². The van der Waals surface area contributed by atoms with Crippen molar-refractivity contribution in [2.24, 2.45) is 0 Å². The van der Waals surface area contributed by atoms with Crippen LogP contribution in [0.1, 0.15) is 18.1 Å². The highest BCUT2D eigenvalue weighted by molar-refractivity contribution is 5.40. The topological polar surface area (TPSA) is 52.4 Å². The molecular weight excluding hydrogens is 242 g/mol. The van der Waals surface area contributed by atoms with E-state index in [1.807, 2.05) is 31.2 Å². The first kappa shape index (κ1) is 13.1. The average molecular weight is 257 g/mol. The van der Waals surface area contributed by atoms with Gasteiger partial charge in [0.1, 0.15) is 12.4 Å². The smallest absolute Gasteiger partial charge is 0.276 e. The van der Waals surface area contributed by atoms with Gasteiger partial charge in [-0.15, -0.1) is 0 Å². The Morgan fingerprint density at radius 1 is 1.05 bits per heavy atom. The molecule has 0 N–H and O–H groups in total. The van der Waals surface area contributed by atoms with Crippen molar-refractivity contribution in [3.8, 4) is 5.75 Å². The van der Waals surface area contributed by atoms with Gasteiger partial charge in [-0.25, -0.2) is 0 Å². The molecule has 4 heteroatoms.